The molecule has 0 spiro atoms. The van der Waals surface area contributed by atoms with E-state index in [2.05, 4.69) is 0 Å². The lowest BCUT2D eigenvalue weighted by atomic mass is 10.1. The third kappa shape index (κ3) is 2.75. The Labute approximate surface area is 98.3 Å². The highest BCUT2D eigenvalue weighted by Crippen LogP contribution is 2.31. The molecule has 0 saturated heterocycles. The topological polar surface area (TPSA) is 112 Å². The van der Waals surface area contributed by atoms with Gasteiger partial charge in [-0.25, -0.2) is 4.79 Å². The van der Waals surface area contributed by atoms with Crippen LogP contribution in [-0.2, 0) is 16.5 Å². The van der Waals surface area contributed by atoms with Crippen LogP contribution in [0.1, 0.15) is 29.3 Å². The van der Waals surface area contributed by atoms with E-state index in [1.165, 1.54) is 6.07 Å². The van der Waals surface area contributed by atoms with Crippen molar-refractivity contribution in [2.45, 2.75) is 24.7 Å². The van der Waals surface area contributed by atoms with Gasteiger partial charge in [-0.05, 0) is 18.1 Å². The van der Waals surface area contributed by atoms with E-state index in [1.807, 2.05) is 0 Å². The van der Waals surface area contributed by atoms with Crippen molar-refractivity contribution in [2.24, 2.45) is 0 Å². The summed E-state index contributed by atoms with van der Waals surface area (Å²) in [5.41, 5.74) is -0.366. The largest absolute Gasteiger partial charge is 0.506 e. The maximum Gasteiger partial charge on any atom is 0.339 e. The number of aromatic hydroxyl groups is 1. The van der Waals surface area contributed by atoms with Crippen molar-refractivity contribution in [2.75, 3.05) is 0 Å². The fourth-order valence-corrected chi connectivity index (χ4v) is 2.40. The average Bonchev–Trinajstić information content (AvgIpc) is 2.15. The van der Waals surface area contributed by atoms with Crippen LogP contribution >= 0.6 is 0 Å². The Morgan fingerprint density at radius 3 is 2.35 bits per heavy atom. The van der Waals surface area contributed by atoms with Crippen molar-refractivity contribution in [1.82, 2.24) is 0 Å². The van der Waals surface area contributed by atoms with E-state index in [4.69, 9.17) is 9.66 Å². The maximum absolute atomic E-state index is 11.1. The summed E-state index contributed by atoms with van der Waals surface area (Å²) >= 11 is 0. The molecule has 1 aromatic rings. The normalized spacial score (nSPS) is 11.4. The van der Waals surface area contributed by atoms with Gasteiger partial charge >= 0.3 is 5.97 Å². The second-order valence-electron chi connectivity index (χ2n) is 3.48. The van der Waals surface area contributed by atoms with Crippen molar-refractivity contribution in [3.05, 3.63) is 23.3 Å². The highest BCUT2D eigenvalue weighted by atomic mass is 32.2. The molecule has 1 aromatic carbocycles. The Balaban J connectivity index is 3.59. The number of aryl methyl sites for hydroxylation is 1. The van der Waals surface area contributed by atoms with Gasteiger partial charge in [0.1, 0.15) is 10.5 Å². The number of carboxylic acid groups (broad SMARTS) is 1. The quantitative estimate of drug-likeness (QED) is 0.703. The first-order chi connectivity index (χ1) is 7.79. The number of benzene rings is 1. The first kappa shape index (κ1) is 13.5. The van der Waals surface area contributed by atoms with Crippen molar-refractivity contribution < 1.29 is 28.0 Å². The van der Waals surface area contributed by atoms with Crippen LogP contribution in [0.25, 0.3) is 0 Å². The maximum atomic E-state index is 11.1. The smallest absolute Gasteiger partial charge is 0.339 e. The van der Waals surface area contributed by atoms with Gasteiger partial charge in [0.05, 0.1) is 0 Å². The second kappa shape index (κ2) is 4.72. The van der Waals surface area contributed by atoms with Crippen molar-refractivity contribution in [3.63, 3.8) is 0 Å². The van der Waals surface area contributed by atoms with Crippen molar-refractivity contribution >= 4 is 16.1 Å². The predicted octanol–water partition coefficient (Wildman–Crippen LogP) is 1.29. The summed E-state index contributed by atoms with van der Waals surface area (Å²) in [4.78, 5) is 10.0. The summed E-state index contributed by atoms with van der Waals surface area (Å²) in [7, 11) is -4.66. The van der Waals surface area contributed by atoms with Crippen LogP contribution in [0.4, 0.5) is 0 Å². The van der Waals surface area contributed by atoms with Crippen LogP contribution < -0.4 is 0 Å². The Hall–Kier alpha value is -1.60. The Morgan fingerprint density at radius 1 is 1.35 bits per heavy atom. The van der Waals surface area contributed by atoms with Gasteiger partial charge in [-0.1, -0.05) is 19.4 Å². The zero-order valence-electron chi connectivity index (χ0n) is 9.04. The molecular formula is C10H12O6S. The van der Waals surface area contributed by atoms with E-state index >= 15 is 0 Å². The van der Waals surface area contributed by atoms with Crippen LogP contribution in [0.3, 0.4) is 0 Å². The van der Waals surface area contributed by atoms with Crippen LogP contribution in [-0.4, -0.2) is 29.2 Å². The number of hydrogen-bond donors (Lipinski definition) is 3. The Kier molecular flexibility index (Phi) is 3.74. The van der Waals surface area contributed by atoms with Crippen LogP contribution in [0.5, 0.6) is 5.75 Å². The summed E-state index contributed by atoms with van der Waals surface area (Å²) in [5.74, 6) is -2.39. The molecule has 17 heavy (non-hydrogen) atoms. The standard InChI is InChI=1S/C10H12O6S/c1-2-3-6-4-5-7(10(12)13)8(11)9(6)17(14,15)16/h4-5,11H,2-3H2,1H3,(H,12,13)(H,14,15,16). The zero-order valence-corrected chi connectivity index (χ0v) is 9.86. The molecule has 6 nitrogen and oxygen atoms in total. The van der Waals surface area contributed by atoms with Gasteiger partial charge in [0.2, 0.25) is 0 Å². The molecule has 7 heteroatoms. The van der Waals surface area contributed by atoms with Gasteiger partial charge in [-0.3, -0.25) is 4.55 Å². The monoisotopic (exact) mass is 260 g/mol. The molecule has 0 saturated carbocycles. The van der Waals surface area contributed by atoms with E-state index in [-0.39, 0.29) is 5.56 Å². The number of rotatable bonds is 4. The van der Waals surface area contributed by atoms with E-state index in [9.17, 15) is 18.3 Å². The lowest BCUT2D eigenvalue weighted by Crippen LogP contribution is -2.07. The van der Waals surface area contributed by atoms with Gasteiger partial charge in [0.25, 0.3) is 10.1 Å². The molecule has 0 aliphatic heterocycles. The van der Waals surface area contributed by atoms with Crippen LogP contribution in [0.2, 0.25) is 0 Å². The predicted molar refractivity (Wildman–Crippen MR) is 58.9 cm³/mol. The molecule has 0 aliphatic rings. The minimum Gasteiger partial charge on any atom is -0.506 e. The molecule has 0 unspecified atom stereocenters. The fraction of sp³-hybridized carbons (Fsp3) is 0.300. The van der Waals surface area contributed by atoms with Crippen LogP contribution in [0, 0.1) is 0 Å². The van der Waals surface area contributed by atoms with Gasteiger partial charge in [0, 0.05) is 0 Å². The summed E-state index contributed by atoms with van der Waals surface area (Å²) in [6.45, 7) is 1.79. The molecule has 0 amide bonds. The first-order valence-corrected chi connectivity index (χ1v) is 6.28. The van der Waals surface area contributed by atoms with Crippen molar-refractivity contribution in [3.8, 4) is 5.75 Å². The molecule has 0 radical (unpaired) electrons. The molecule has 94 valence electrons. The number of carboxylic acids is 1. The fourth-order valence-electron chi connectivity index (χ4n) is 1.54. The van der Waals surface area contributed by atoms with Crippen LogP contribution in [0.15, 0.2) is 17.0 Å². The third-order valence-electron chi connectivity index (χ3n) is 2.22. The number of phenols is 1. The highest BCUT2D eigenvalue weighted by Gasteiger charge is 2.25. The summed E-state index contributed by atoms with van der Waals surface area (Å²) in [6, 6.07) is 2.38. The number of aromatic carboxylic acids is 1. The Morgan fingerprint density at radius 2 is 1.94 bits per heavy atom. The minimum atomic E-state index is -4.66. The van der Waals surface area contributed by atoms with Gasteiger partial charge in [-0.2, -0.15) is 8.42 Å². The molecule has 0 fully saturated rings. The molecule has 0 atom stereocenters. The number of carbonyl (C=O) groups is 1. The first-order valence-electron chi connectivity index (χ1n) is 4.84. The minimum absolute atomic E-state index is 0.192. The number of hydrogen-bond acceptors (Lipinski definition) is 4. The lowest BCUT2D eigenvalue weighted by Gasteiger charge is -2.10. The summed E-state index contributed by atoms with van der Waals surface area (Å²) < 4.78 is 31.3. The van der Waals surface area contributed by atoms with Crippen molar-refractivity contribution in [1.29, 1.82) is 0 Å². The molecule has 0 aromatic heterocycles. The zero-order chi connectivity index (χ0) is 13.2. The van der Waals surface area contributed by atoms with E-state index < -0.39 is 32.3 Å². The SMILES string of the molecule is CCCc1ccc(C(=O)O)c(O)c1S(=O)(=O)O. The van der Waals surface area contributed by atoms with Gasteiger partial charge in [-0.15, -0.1) is 0 Å². The van der Waals surface area contributed by atoms with Gasteiger partial charge < -0.3 is 10.2 Å². The highest BCUT2D eigenvalue weighted by molar-refractivity contribution is 7.86. The third-order valence-corrected chi connectivity index (χ3v) is 3.19. The molecule has 0 bridgehead atoms. The molecule has 3 N–H and O–H groups in total. The molecule has 1 rings (SSSR count). The average molecular weight is 260 g/mol. The van der Waals surface area contributed by atoms with E-state index in [0.29, 0.717) is 12.8 Å². The van der Waals surface area contributed by atoms with E-state index in [0.717, 1.165) is 6.07 Å². The summed E-state index contributed by atoms with van der Waals surface area (Å²) in [6.07, 6.45) is 0.900. The molecule has 0 aliphatic carbocycles. The van der Waals surface area contributed by atoms with E-state index in [1.54, 1.807) is 6.92 Å². The molecule has 0 heterocycles. The second-order valence-corrected chi connectivity index (χ2v) is 4.84. The summed E-state index contributed by atoms with van der Waals surface area (Å²) in [5, 5.41) is 18.3. The van der Waals surface area contributed by atoms with Gasteiger partial charge in [0.15, 0.2) is 5.75 Å². The Bertz CT molecular complexity index is 546. The molecular weight excluding hydrogens is 248 g/mol. The lowest BCUT2D eigenvalue weighted by molar-refractivity contribution is 0.0693.